The maximum atomic E-state index is 12.8. The average Bonchev–Trinajstić information content (AvgIpc) is 2.82. The molecule has 0 atom stereocenters. The highest BCUT2D eigenvalue weighted by Gasteiger charge is 2.30. The quantitative estimate of drug-likeness (QED) is 0.536. The van der Waals surface area contributed by atoms with Crippen molar-refractivity contribution in [3.63, 3.8) is 0 Å². The molecule has 2 aliphatic rings. The second kappa shape index (κ2) is 11.7. The van der Waals surface area contributed by atoms with Gasteiger partial charge in [0.15, 0.2) is 5.96 Å². The number of piperidine rings is 1. The lowest BCUT2D eigenvalue weighted by molar-refractivity contribution is -0.140. The van der Waals surface area contributed by atoms with Crippen LogP contribution < -0.4 is 5.32 Å². The standard InChI is InChI=1S/C23H35N5O3/c1-26(2)21(29)18-25-23(24-11-8-19-6-4-3-5-7-19)28-12-9-20(10-13-28)22(30)27-14-16-31-17-15-27/h3-7,20H,8-18H2,1-2H3,(H,24,25). The van der Waals surface area contributed by atoms with E-state index in [-0.39, 0.29) is 24.3 Å². The van der Waals surface area contributed by atoms with Crippen LogP contribution in [0, 0.1) is 5.92 Å². The minimum atomic E-state index is -0.0280. The second-order valence-electron chi connectivity index (χ2n) is 8.29. The van der Waals surface area contributed by atoms with E-state index >= 15 is 0 Å². The maximum absolute atomic E-state index is 12.8. The number of morpholine rings is 1. The number of likely N-dealkylation sites (N-methyl/N-ethyl adjacent to an activating group) is 1. The van der Waals surface area contributed by atoms with E-state index in [2.05, 4.69) is 27.3 Å². The largest absolute Gasteiger partial charge is 0.378 e. The first-order chi connectivity index (χ1) is 15.0. The lowest BCUT2D eigenvalue weighted by Crippen LogP contribution is -2.50. The number of carbonyl (C=O) groups excluding carboxylic acids is 2. The molecule has 1 N–H and O–H groups in total. The molecule has 2 fully saturated rings. The van der Waals surface area contributed by atoms with Crippen LogP contribution in [0.1, 0.15) is 18.4 Å². The third kappa shape index (κ3) is 6.95. The van der Waals surface area contributed by atoms with E-state index in [0.717, 1.165) is 44.9 Å². The van der Waals surface area contributed by atoms with Gasteiger partial charge in [0.2, 0.25) is 11.8 Å². The van der Waals surface area contributed by atoms with Gasteiger partial charge >= 0.3 is 0 Å². The Morgan fingerprint density at radius 1 is 1.06 bits per heavy atom. The zero-order valence-corrected chi connectivity index (χ0v) is 18.8. The van der Waals surface area contributed by atoms with Gasteiger partial charge in [0.1, 0.15) is 6.54 Å². The highest BCUT2D eigenvalue weighted by Crippen LogP contribution is 2.20. The van der Waals surface area contributed by atoms with Gasteiger partial charge in [-0.25, -0.2) is 4.99 Å². The number of guanidine groups is 1. The summed E-state index contributed by atoms with van der Waals surface area (Å²) in [5, 5.41) is 3.43. The number of benzene rings is 1. The van der Waals surface area contributed by atoms with E-state index in [0.29, 0.717) is 26.3 Å². The first-order valence-corrected chi connectivity index (χ1v) is 11.2. The van der Waals surface area contributed by atoms with Gasteiger partial charge in [0.05, 0.1) is 13.2 Å². The normalized spacial score (nSPS) is 18.1. The summed E-state index contributed by atoms with van der Waals surface area (Å²) in [6.07, 6.45) is 2.49. The van der Waals surface area contributed by atoms with Crippen molar-refractivity contribution in [3.8, 4) is 0 Å². The van der Waals surface area contributed by atoms with E-state index in [4.69, 9.17) is 4.74 Å². The number of hydrogen-bond donors (Lipinski definition) is 1. The molecule has 1 aromatic carbocycles. The molecule has 2 aliphatic heterocycles. The van der Waals surface area contributed by atoms with E-state index in [1.54, 1.807) is 19.0 Å². The number of rotatable bonds is 6. The van der Waals surface area contributed by atoms with Gasteiger partial charge in [-0.05, 0) is 24.8 Å². The molecule has 0 spiro atoms. The van der Waals surface area contributed by atoms with Crippen molar-refractivity contribution in [2.45, 2.75) is 19.3 Å². The van der Waals surface area contributed by atoms with Gasteiger partial charge < -0.3 is 24.8 Å². The van der Waals surface area contributed by atoms with Crippen LogP contribution in [0.25, 0.3) is 0 Å². The Morgan fingerprint density at radius 3 is 2.39 bits per heavy atom. The highest BCUT2D eigenvalue weighted by molar-refractivity contribution is 5.85. The highest BCUT2D eigenvalue weighted by atomic mass is 16.5. The molecule has 2 amide bonds. The number of hydrogen-bond acceptors (Lipinski definition) is 4. The molecule has 170 valence electrons. The minimum Gasteiger partial charge on any atom is -0.378 e. The molecule has 3 rings (SSSR count). The predicted molar refractivity (Wildman–Crippen MR) is 121 cm³/mol. The van der Waals surface area contributed by atoms with Crippen LogP contribution in [-0.2, 0) is 20.7 Å². The van der Waals surface area contributed by atoms with Crippen molar-refractivity contribution in [2.24, 2.45) is 10.9 Å². The summed E-state index contributed by atoms with van der Waals surface area (Å²) in [7, 11) is 3.48. The molecule has 8 nitrogen and oxygen atoms in total. The summed E-state index contributed by atoms with van der Waals surface area (Å²) in [4.78, 5) is 35.1. The summed E-state index contributed by atoms with van der Waals surface area (Å²) in [6.45, 7) is 5.03. The van der Waals surface area contributed by atoms with Gasteiger partial charge in [-0.2, -0.15) is 0 Å². The zero-order chi connectivity index (χ0) is 22.1. The Labute approximate surface area is 185 Å². The Kier molecular flexibility index (Phi) is 8.70. The molecule has 2 heterocycles. The fourth-order valence-corrected chi connectivity index (χ4v) is 3.90. The average molecular weight is 430 g/mol. The monoisotopic (exact) mass is 429 g/mol. The Balaban J connectivity index is 1.56. The lowest BCUT2D eigenvalue weighted by atomic mass is 9.95. The number of amides is 2. The third-order valence-corrected chi connectivity index (χ3v) is 5.87. The van der Waals surface area contributed by atoms with Crippen LogP contribution in [-0.4, -0.2) is 99.1 Å². The van der Waals surface area contributed by atoms with Crippen molar-refractivity contribution in [2.75, 3.05) is 66.6 Å². The Morgan fingerprint density at radius 2 is 1.74 bits per heavy atom. The number of carbonyl (C=O) groups is 2. The number of ether oxygens (including phenoxy) is 1. The summed E-state index contributed by atoms with van der Waals surface area (Å²) >= 11 is 0. The molecule has 0 aromatic heterocycles. The summed E-state index contributed by atoms with van der Waals surface area (Å²) in [6, 6.07) is 10.3. The van der Waals surface area contributed by atoms with Crippen molar-refractivity contribution in [3.05, 3.63) is 35.9 Å². The second-order valence-corrected chi connectivity index (χ2v) is 8.29. The summed E-state index contributed by atoms with van der Waals surface area (Å²) in [5.74, 6) is 1.03. The topological polar surface area (TPSA) is 77.5 Å². The molecule has 0 radical (unpaired) electrons. The van der Waals surface area contributed by atoms with Crippen LogP contribution in [0.15, 0.2) is 35.3 Å². The van der Waals surface area contributed by atoms with Gasteiger partial charge in [-0.15, -0.1) is 0 Å². The maximum Gasteiger partial charge on any atom is 0.243 e. The summed E-state index contributed by atoms with van der Waals surface area (Å²) < 4.78 is 5.36. The number of nitrogens with zero attached hydrogens (tertiary/aromatic N) is 4. The van der Waals surface area contributed by atoms with Gasteiger partial charge in [-0.1, -0.05) is 30.3 Å². The fraction of sp³-hybridized carbons (Fsp3) is 0.609. The summed E-state index contributed by atoms with van der Waals surface area (Å²) in [5.41, 5.74) is 1.26. The van der Waals surface area contributed by atoms with Crippen LogP contribution in [0.3, 0.4) is 0 Å². The lowest BCUT2D eigenvalue weighted by Gasteiger charge is -2.36. The van der Waals surface area contributed by atoms with Crippen molar-refractivity contribution in [1.82, 2.24) is 20.0 Å². The van der Waals surface area contributed by atoms with E-state index < -0.39 is 0 Å². The molecule has 8 heteroatoms. The van der Waals surface area contributed by atoms with Crippen LogP contribution in [0.4, 0.5) is 0 Å². The van der Waals surface area contributed by atoms with E-state index in [1.165, 1.54) is 5.56 Å². The van der Waals surface area contributed by atoms with Crippen LogP contribution >= 0.6 is 0 Å². The predicted octanol–water partition coefficient (Wildman–Crippen LogP) is 0.834. The molecule has 2 saturated heterocycles. The van der Waals surface area contributed by atoms with Gasteiger partial charge in [-0.3, -0.25) is 9.59 Å². The van der Waals surface area contributed by atoms with E-state index in [9.17, 15) is 9.59 Å². The van der Waals surface area contributed by atoms with Crippen molar-refractivity contribution < 1.29 is 14.3 Å². The Bertz CT molecular complexity index is 739. The molecule has 0 unspecified atom stereocenters. The first kappa shape index (κ1) is 23.1. The molecular formula is C23H35N5O3. The number of nitrogens with one attached hydrogen (secondary N) is 1. The molecule has 31 heavy (non-hydrogen) atoms. The van der Waals surface area contributed by atoms with Crippen LogP contribution in [0.2, 0.25) is 0 Å². The smallest absolute Gasteiger partial charge is 0.243 e. The van der Waals surface area contributed by atoms with Gasteiger partial charge in [0, 0.05) is 52.7 Å². The van der Waals surface area contributed by atoms with Gasteiger partial charge in [0.25, 0.3) is 0 Å². The fourth-order valence-electron chi connectivity index (χ4n) is 3.90. The minimum absolute atomic E-state index is 0.0280. The number of likely N-dealkylation sites (tertiary alicyclic amines) is 1. The molecule has 0 bridgehead atoms. The van der Waals surface area contributed by atoms with Crippen molar-refractivity contribution in [1.29, 1.82) is 0 Å². The Hall–Kier alpha value is -2.61. The molecule has 1 aromatic rings. The SMILES string of the molecule is CN(C)C(=O)CN=C(NCCc1ccccc1)N1CCC(C(=O)N2CCOCC2)CC1. The molecule has 0 saturated carbocycles. The first-order valence-electron chi connectivity index (χ1n) is 11.2. The zero-order valence-electron chi connectivity index (χ0n) is 18.8. The van der Waals surface area contributed by atoms with Crippen molar-refractivity contribution >= 4 is 17.8 Å². The van der Waals surface area contributed by atoms with Crippen LogP contribution in [0.5, 0.6) is 0 Å². The molecular weight excluding hydrogens is 394 g/mol. The van der Waals surface area contributed by atoms with E-state index in [1.807, 2.05) is 23.1 Å². The number of aliphatic imine (C=N–C) groups is 1. The molecule has 0 aliphatic carbocycles. The third-order valence-electron chi connectivity index (χ3n) is 5.87.